The van der Waals surface area contributed by atoms with Crippen LogP contribution in [0, 0.1) is 0 Å². The molecule has 128 valence electrons. The quantitative estimate of drug-likeness (QED) is 0.718. The van der Waals surface area contributed by atoms with Crippen LogP contribution in [0.3, 0.4) is 0 Å². The van der Waals surface area contributed by atoms with Gasteiger partial charge in [-0.15, -0.1) is 0 Å². The third kappa shape index (κ3) is 5.79. The molecule has 0 aliphatic heterocycles. The van der Waals surface area contributed by atoms with E-state index in [1.165, 1.54) is 6.20 Å². The van der Waals surface area contributed by atoms with Gasteiger partial charge >= 0.3 is 0 Å². The maximum Gasteiger partial charge on any atom is 0.271 e. The van der Waals surface area contributed by atoms with Crippen molar-refractivity contribution >= 4 is 23.3 Å². The summed E-state index contributed by atoms with van der Waals surface area (Å²) in [4.78, 5) is 22.6. The van der Waals surface area contributed by atoms with E-state index in [0.29, 0.717) is 17.4 Å². The van der Waals surface area contributed by atoms with E-state index in [1.54, 1.807) is 12.3 Å². The lowest BCUT2D eigenvalue weighted by molar-refractivity contribution is 0.0945. The van der Waals surface area contributed by atoms with E-state index in [9.17, 15) is 4.79 Å². The average Bonchev–Trinajstić information content (AvgIpc) is 2.58. The first kappa shape index (κ1) is 18.2. The van der Waals surface area contributed by atoms with Gasteiger partial charge in [-0.25, -0.2) is 9.97 Å². The predicted molar refractivity (Wildman–Crippen MR) is 96.3 cm³/mol. The highest BCUT2D eigenvalue weighted by Crippen LogP contribution is 2.14. The van der Waals surface area contributed by atoms with Crippen LogP contribution in [0.2, 0.25) is 5.02 Å². The molecular weight excluding hydrogens is 326 g/mol. The number of hydrogen-bond acceptors (Lipinski definition) is 5. The van der Waals surface area contributed by atoms with Gasteiger partial charge in [0, 0.05) is 18.1 Å². The summed E-state index contributed by atoms with van der Waals surface area (Å²) in [7, 11) is 4.08. The largest absolute Gasteiger partial charge is 0.369 e. The summed E-state index contributed by atoms with van der Waals surface area (Å²) in [6.07, 6.45) is 4.05. The Hall–Kier alpha value is -2.18. The third-order valence-corrected chi connectivity index (χ3v) is 3.74. The van der Waals surface area contributed by atoms with Gasteiger partial charge in [0.1, 0.15) is 11.5 Å². The Morgan fingerprint density at radius 1 is 1.21 bits per heavy atom. The van der Waals surface area contributed by atoms with Crippen LogP contribution in [0.15, 0.2) is 36.7 Å². The molecule has 0 spiro atoms. The predicted octanol–water partition coefficient (Wildman–Crippen LogP) is 2.42. The fourth-order valence-electron chi connectivity index (χ4n) is 2.06. The first-order chi connectivity index (χ1) is 11.6. The number of amides is 1. The lowest BCUT2D eigenvalue weighted by Crippen LogP contribution is -2.24. The van der Waals surface area contributed by atoms with Crippen LogP contribution in [0.1, 0.15) is 22.5 Å². The van der Waals surface area contributed by atoms with Gasteiger partial charge in [0.25, 0.3) is 5.91 Å². The van der Waals surface area contributed by atoms with Crippen LogP contribution < -0.4 is 10.6 Å². The molecule has 1 heterocycles. The number of carbonyl (C=O) groups is 1. The summed E-state index contributed by atoms with van der Waals surface area (Å²) < 4.78 is 0. The average molecular weight is 348 g/mol. The molecule has 2 aromatic rings. The molecule has 1 aromatic carbocycles. The van der Waals surface area contributed by atoms with Gasteiger partial charge in [-0.2, -0.15) is 0 Å². The fraction of sp³-hybridized carbons (Fsp3) is 0.353. The molecule has 0 bridgehead atoms. The molecule has 0 saturated carbocycles. The van der Waals surface area contributed by atoms with Crippen molar-refractivity contribution in [2.75, 3.05) is 32.5 Å². The first-order valence-corrected chi connectivity index (χ1v) is 8.16. The van der Waals surface area contributed by atoms with E-state index in [-0.39, 0.29) is 11.6 Å². The van der Waals surface area contributed by atoms with Crippen molar-refractivity contribution in [2.24, 2.45) is 0 Å². The summed E-state index contributed by atoms with van der Waals surface area (Å²) >= 11 is 6.06. The van der Waals surface area contributed by atoms with E-state index in [4.69, 9.17) is 11.6 Å². The van der Waals surface area contributed by atoms with E-state index >= 15 is 0 Å². The minimum absolute atomic E-state index is 0.276. The molecule has 2 N–H and O–H groups in total. The van der Waals surface area contributed by atoms with Gasteiger partial charge in [0.2, 0.25) is 0 Å². The molecule has 1 amide bonds. The lowest BCUT2D eigenvalue weighted by Gasteiger charge is -2.10. The zero-order valence-electron chi connectivity index (χ0n) is 13.9. The molecule has 0 radical (unpaired) electrons. The summed E-state index contributed by atoms with van der Waals surface area (Å²) in [6.45, 7) is 2.17. The zero-order chi connectivity index (χ0) is 17.4. The van der Waals surface area contributed by atoms with Crippen molar-refractivity contribution < 1.29 is 4.79 Å². The highest BCUT2D eigenvalue weighted by molar-refractivity contribution is 6.31. The topological polar surface area (TPSA) is 70.2 Å². The molecule has 0 fully saturated rings. The highest BCUT2D eigenvalue weighted by Gasteiger charge is 2.08. The molecule has 6 nitrogen and oxygen atoms in total. The van der Waals surface area contributed by atoms with Gasteiger partial charge in [0.15, 0.2) is 0 Å². The molecular formula is C17H22ClN5O. The number of nitrogens with zero attached hydrogens (tertiary/aromatic N) is 3. The van der Waals surface area contributed by atoms with Gasteiger partial charge in [0.05, 0.1) is 12.4 Å². The SMILES string of the molecule is CN(C)CCCNc1cnc(C(=O)NCc2ccccc2Cl)cn1. The van der Waals surface area contributed by atoms with E-state index < -0.39 is 0 Å². The van der Waals surface area contributed by atoms with E-state index in [1.807, 2.05) is 32.3 Å². The summed E-state index contributed by atoms with van der Waals surface area (Å²) in [5.74, 6) is 0.387. The van der Waals surface area contributed by atoms with Crippen LogP contribution >= 0.6 is 11.6 Å². The molecule has 0 aliphatic rings. The second-order valence-corrected chi connectivity index (χ2v) is 6.05. The van der Waals surface area contributed by atoms with Crippen LogP contribution in [-0.4, -0.2) is 48.0 Å². The standard InChI is InChI=1S/C17H22ClN5O/c1-23(2)9-5-8-19-16-12-20-15(11-21-16)17(24)22-10-13-6-3-4-7-14(13)18/h3-4,6-7,11-12H,5,8-10H2,1-2H3,(H,19,21)(H,22,24). The number of carbonyl (C=O) groups excluding carboxylic acids is 1. The van der Waals surface area contributed by atoms with Gasteiger partial charge in [-0.3, -0.25) is 4.79 Å². The van der Waals surface area contributed by atoms with Gasteiger partial charge < -0.3 is 15.5 Å². The van der Waals surface area contributed by atoms with Crippen molar-refractivity contribution in [3.8, 4) is 0 Å². The van der Waals surface area contributed by atoms with Crippen molar-refractivity contribution in [1.82, 2.24) is 20.2 Å². The minimum Gasteiger partial charge on any atom is -0.369 e. The van der Waals surface area contributed by atoms with Crippen molar-refractivity contribution in [1.29, 1.82) is 0 Å². The maximum absolute atomic E-state index is 12.1. The lowest BCUT2D eigenvalue weighted by atomic mass is 10.2. The van der Waals surface area contributed by atoms with Crippen LogP contribution in [0.25, 0.3) is 0 Å². The van der Waals surface area contributed by atoms with E-state index in [0.717, 1.165) is 25.1 Å². The van der Waals surface area contributed by atoms with Crippen LogP contribution in [-0.2, 0) is 6.54 Å². The maximum atomic E-state index is 12.1. The molecule has 24 heavy (non-hydrogen) atoms. The Morgan fingerprint density at radius 2 is 2.00 bits per heavy atom. The van der Waals surface area contributed by atoms with Crippen LogP contribution in [0.5, 0.6) is 0 Å². The number of benzene rings is 1. The minimum atomic E-state index is -0.276. The summed E-state index contributed by atoms with van der Waals surface area (Å²) in [6, 6.07) is 7.39. The molecule has 7 heteroatoms. The smallest absolute Gasteiger partial charge is 0.271 e. The Bertz CT molecular complexity index is 660. The van der Waals surface area contributed by atoms with Crippen molar-refractivity contribution in [3.05, 3.63) is 52.9 Å². The Morgan fingerprint density at radius 3 is 2.67 bits per heavy atom. The number of halogens is 1. The van der Waals surface area contributed by atoms with Gasteiger partial charge in [-0.05, 0) is 38.7 Å². The van der Waals surface area contributed by atoms with Crippen molar-refractivity contribution in [2.45, 2.75) is 13.0 Å². The third-order valence-electron chi connectivity index (χ3n) is 3.37. The Balaban J connectivity index is 1.81. The molecule has 0 aliphatic carbocycles. The number of aromatic nitrogens is 2. The van der Waals surface area contributed by atoms with Crippen molar-refractivity contribution in [3.63, 3.8) is 0 Å². The molecule has 2 rings (SSSR count). The van der Waals surface area contributed by atoms with Gasteiger partial charge in [-0.1, -0.05) is 29.8 Å². The second-order valence-electron chi connectivity index (χ2n) is 5.64. The molecule has 1 aromatic heterocycles. The molecule has 0 atom stereocenters. The monoisotopic (exact) mass is 347 g/mol. The molecule has 0 unspecified atom stereocenters. The first-order valence-electron chi connectivity index (χ1n) is 7.78. The zero-order valence-corrected chi connectivity index (χ0v) is 14.7. The second kappa shape index (κ2) is 9.20. The Labute approximate surface area is 147 Å². The summed E-state index contributed by atoms with van der Waals surface area (Å²) in [5, 5.41) is 6.60. The number of anilines is 1. The Kier molecular flexibility index (Phi) is 6.96. The van der Waals surface area contributed by atoms with Crippen LogP contribution in [0.4, 0.5) is 5.82 Å². The summed E-state index contributed by atoms with van der Waals surface area (Å²) in [5.41, 5.74) is 1.14. The molecule has 0 saturated heterocycles. The number of rotatable bonds is 8. The number of nitrogens with one attached hydrogen (secondary N) is 2. The number of hydrogen-bond donors (Lipinski definition) is 2. The fourth-order valence-corrected chi connectivity index (χ4v) is 2.26. The highest BCUT2D eigenvalue weighted by atomic mass is 35.5. The van der Waals surface area contributed by atoms with E-state index in [2.05, 4.69) is 25.5 Å². The normalized spacial score (nSPS) is 10.7.